The van der Waals surface area contributed by atoms with Gasteiger partial charge in [0.2, 0.25) is 6.29 Å². The molecule has 1 heterocycles. The number of aliphatic hydroxyl groups excluding tert-OH is 4. The Hall–Kier alpha value is -1.70. The average molecular weight is 306 g/mol. The third-order valence-corrected chi connectivity index (χ3v) is 3.82. The highest BCUT2D eigenvalue weighted by molar-refractivity contribution is 5.83. The summed E-state index contributed by atoms with van der Waals surface area (Å²) in [6.45, 7) is -0.484. The van der Waals surface area contributed by atoms with Gasteiger partial charge in [-0.05, 0) is 22.9 Å². The molecule has 0 aromatic heterocycles. The standard InChI is InChI=1S/C16H18O6/c17-8-12-13(18)14(19)15(20)16(22-12)21-11-6-5-9-3-1-2-4-10(9)7-11/h1-7,12-20H,8H2/t12-,13+,14+,15-,16-/m1/s1. The molecule has 0 spiro atoms. The molecule has 22 heavy (non-hydrogen) atoms. The van der Waals surface area contributed by atoms with Gasteiger partial charge in [-0.1, -0.05) is 30.3 Å². The zero-order valence-electron chi connectivity index (χ0n) is 11.7. The average Bonchev–Trinajstić information content (AvgIpc) is 2.55. The molecular weight excluding hydrogens is 288 g/mol. The number of ether oxygens (including phenoxy) is 2. The van der Waals surface area contributed by atoms with Crippen molar-refractivity contribution in [3.8, 4) is 5.75 Å². The molecule has 4 N–H and O–H groups in total. The predicted molar refractivity (Wildman–Crippen MR) is 78.3 cm³/mol. The lowest BCUT2D eigenvalue weighted by molar-refractivity contribution is -0.277. The minimum absolute atomic E-state index is 0.461. The van der Waals surface area contributed by atoms with Gasteiger partial charge in [0.05, 0.1) is 6.61 Å². The first-order valence-corrected chi connectivity index (χ1v) is 7.06. The third-order valence-electron chi connectivity index (χ3n) is 3.82. The fourth-order valence-electron chi connectivity index (χ4n) is 2.54. The molecular formula is C16H18O6. The van der Waals surface area contributed by atoms with E-state index in [9.17, 15) is 15.3 Å². The second kappa shape index (κ2) is 6.20. The van der Waals surface area contributed by atoms with Crippen LogP contribution in [0.15, 0.2) is 42.5 Å². The summed E-state index contributed by atoms with van der Waals surface area (Å²) in [5, 5.41) is 40.6. The van der Waals surface area contributed by atoms with E-state index in [1.165, 1.54) is 0 Å². The maximum absolute atomic E-state index is 9.95. The van der Waals surface area contributed by atoms with Crippen LogP contribution in [0.4, 0.5) is 0 Å². The van der Waals surface area contributed by atoms with Crippen LogP contribution in [-0.4, -0.2) is 57.7 Å². The molecule has 118 valence electrons. The van der Waals surface area contributed by atoms with Gasteiger partial charge in [-0.15, -0.1) is 0 Å². The summed E-state index contributed by atoms with van der Waals surface area (Å²) >= 11 is 0. The largest absolute Gasteiger partial charge is 0.462 e. The van der Waals surface area contributed by atoms with Crippen LogP contribution in [0.1, 0.15) is 0 Å². The van der Waals surface area contributed by atoms with Crippen molar-refractivity contribution in [2.75, 3.05) is 6.61 Å². The van der Waals surface area contributed by atoms with Crippen LogP contribution in [0.2, 0.25) is 0 Å². The quantitative estimate of drug-likeness (QED) is 0.638. The lowest BCUT2D eigenvalue weighted by atomic mass is 9.99. The minimum Gasteiger partial charge on any atom is -0.462 e. The van der Waals surface area contributed by atoms with Crippen LogP contribution in [0.3, 0.4) is 0 Å². The molecule has 1 saturated heterocycles. The van der Waals surface area contributed by atoms with Crippen LogP contribution < -0.4 is 4.74 Å². The van der Waals surface area contributed by atoms with Crippen LogP contribution in [0, 0.1) is 0 Å². The first kappa shape index (κ1) is 15.2. The van der Waals surface area contributed by atoms with E-state index in [1.54, 1.807) is 12.1 Å². The summed E-state index contributed by atoms with van der Waals surface area (Å²) in [6, 6.07) is 13.1. The van der Waals surface area contributed by atoms with E-state index in [2.05, 4.69) is 0 Å². The topological polar surface area (TPSA) is 99.4 Å². The lowest BCUT2D eigenvalue weighted by Gasteiger charge is -2.39. The Kier molecular flexibility index (Phi) is 4.28. The number of rotatable bonds is 3. The van der Waals surface area contributed by atoms with Gasteiger partial charge in [0.25, 0.3) is 0 Å². The Morgan fingerprint density at radius 2 is 1.64 bits per heavy atom. The normalized spacial score (nSPS) is 32.1. The van der Waals surface area contributed by atoms with E-state index in [0.29, 0.717) is 5.75 Å². The van der Waals surface area contributed by atoms with E-state index >= 15 is 0 Å². The third kappa shape index (κ3) is 2.79. The molecule has 0 unspecified atom stereocenters. The zero-order valence-corrected chi connectivity index (χ0v) is 11.7. The first-order chi connectivity index (χ1) is 10.6. The molecule has 2 aromatic rings. The van der Waals surface area contributed by atoms with Gasteiger partial charge in [0.15, 0.2) is 0 Å². The molecule has 3 rings (SSSR count). The second-order valence-electron chi connectivity index (χ2n) is 5.32. The highest BCUT2D eigenvalue weighted by atomic mass is 16.7. The van der Waals surface area contributed by atoms with Gasteiger partial charge in [0, 0.05) is 0 Å². The van der Waals surface area contributed by atoms with Gasteiger partial charge in [-0.3, -0.25) is 0 Å². The Morgan fingerprint density at radius 1 is 0.909 bits per heavy atom. The first-order valence-electron chi connectivity index (χ1n) is 7.06. The Morgan fingerprint density at radius 3 is 2.36 bits per heavy atom. The maximum Gasteiger partial charge on any atom is 0.229 e. The van der Waals surface area contributed by atoms with Gasteiger partial charge < -0.3 is 29.9 Å². The van der Waals surface area contributed by atoms with E-state index < -0.39 is 37.3 Å². The van der Waals surface area contributed by atoms with Crippen molar-refractivity contribution >= 4 is 10.8 Å². The van der Waals surface area contributed by atoms with Crippen molar-refractivity contribution < 1.29 is 29.9 Å². The molecule has 0 bridgehead atoms. The predicted octanol–water partition coefficient (Wildman–Crippen LogP) is 0.0185. The monoisotopic (exact) mass is 306 g/mol. The van der Waals surface area contributed by atoms with Crippen molar-refractivity contribution in [1.82, 2.24) is 0 Å². The minimum atomic E-state index is -1.45. The SMILES string of the molecule is OC[C@H]1O[C@@H](Oc2ccc3ccccc3c2)[C@H](O)[C@@H](O)[C@H]1O. The molecule has 0 amide bonds. The fourth-order valence-corrected chi connectivity index (χ4v) is 2.54. The molecule has 1 fully saturated rings. The van der Waals surface area contributed by atoms with Gasteiger partial charge in [-0.25, -0.2) is 0 Å². The second-order valence-corrected chi connectivity index (χ2v) is 5.32. The summed E-state index contributed by atoms with van der Waals surface area (Å²) in [5.74, 6) is 0.461. The van der Waals surface area contributed by atoms with E-state index in [4.69, 9.17) is 14.6 Å². The Bertz CT molecular complexity index is 643. The van der Waals surface area contributed by atoms with Crippen LogP contribution >= 0.6 is 0 Å². The van der Waals surface area contributed by atoms with E-state index in [1.807, 2.05) is 30.3 Å². The van der Waals surface area contributed by atoms with E-state index in [-0.39, 0.29) is 0 Å². The number of hydrogen-bond acceptors (Lipinski definition) is 6. The summed E-state index contributed by atoms with van der Waals surface area (Å²) in [4.78, 5) is 0. The summed E-state index contributed by atoms with van der Waals surface area (Å²) in [7, 11) is 0. The number of benzene rings is 2. The smallest absolute Gasteiger partial charge is 0.229 e. The molecule has 0 radical (unpaired) electrons. The summed E-state index contributed by atoms with van der Waals surface area (Å²) in [5.41, 5.74) is 0. The zero-order chi connectivity index (χ0) is 15.7. The lowest BCUT2D eigenvalue weighted by Crippen LogP contribution is -2.60. The van der Waals surface area contributed by atoms with Crippen molar-refractivity contribution in [2.45, 2.75) is 30.7 Å². The van der Waals surface area contributed by atoms with Gasteiger partial charge >= 0.3 is 0 Å². The van der Waals surface area contributed by atoms with Crippen molar-refractivity contribution in [2.24, 2.45) is 0 Å². The van der Waals surface area contributed by atoms with Crippen LogP contribution in [0.5, 0.6) is 5.75 Å². The number of aliphatic hydroxyl groups is 4. The number of fused-ring (bicyclic) bond motifs is 1. The molecule has 5 atom stereocenters. The highest BCUT2D eigenvalue weighted by Crippen LogP contribution is 2.26. The molecule has 6 nitrogen and oxygen atoms in total. The Labute approximate surface area is 127 Å². The van der Waals surface area contributed by atoms with Crippen LogP contribution in [0.25, 0.3) is 10.8 Å². The molecule has 6 heteroatoms. The number of hydrogen-bond donors (Lipinski definition) is 4. The molecule has 0 aliphatic carbocycles. The van der Waals surface area contributed by atoms with Gasteiger partial charge in [-0.2, -0.15) is 0 Å². The van der Waals surface area contributed by atoms with E-state index in [0.717, 1.165) is 10.8 Å². The van der Waals surface area contributed by atoms with Crippen LogP contribution in [-0.2, 0) is 4.74 Å². The maximum atomic E-state index is 9.95. The summed E-state index contributed by atoms with van der Waals surface area (Å²) < 4.78 is 10.9. The van der Waals surface area contributed by atoms with Gasteiger partial charge in [0.1, 0.15) is 30.2 Å². The van der Waals surface area contributed by atoms with Crippen molar-refractivity contribution in [3.63, 3.8) is 0 Å². The molecule has 2 aromatic carbocycles. The summed E-state index contributed by atoms with van der Waals surface area (Å²) in [6.07, 6.45) is -6.40. The molecule has 1 aliphatic rings. The molecule has 1 aliphatic heterocycles. The Balaban J connectivity index is 1.80. The highest BCUT2D eigenvalue weighted by Gasteiger charge is 2.44. The van der Waals surface area contributed by atoms with Crippen molar-refractivity contribution in [3.05, 3.63) is 42.5 Å². The molecule has 0 saturated carbocycles. The van der Waals surface area contributed by atoms with Crippen molar-refractivity contribution in [1.29, 1.82) is 0 Å². The fraction of sp³-hybridized carbons (Fsp3) is 0.375.